The molecule has 0 aliphatic carbocycles. The highest BCUT2D eigenvalue weighted by atomic mass is 79.9. The van der Waals surface area contributed by atoms with Crippen molar-refractivity contribution in [2.24, 2.45) is 4.99 Å². The van der Waals surface area contributed by atoms with Crippen LogP contribution in [0.15, 0.2) is 46.1 Å². The van der Waals surface area contributed by atoms with Gasteiger partial charge in [-0.3, -0.25) is 9.67 Å². The SMILES string of the molecule is CCNC(=NCCn1cc(C)cn1)NC1CCN(c2ccccc2Br)C1. The molecule has 1 aromatic carbocycles. The molecule has 1 unspecified atom stereocenters. The van der Waals surface area contributed by atoms with Crippen LogP contribution in [0, 0.1) is 6.92 Å². The minimum absolute atomic E-state index is 0.395. The number of aromatic nitrogens is 2. The van der Waals surface area contributed by atoms with Crippen LogP contribution in [0.3, 0.4) is 0 Å². The first-order valence-electron chi connectivity index (χ1n) is 9.19. The zero-order valence-electron chi connectivity index (χ0n) is 15.5. The Morgan fingerprint density at radius 1 is 1.38 bits per heavy atom. The molecule has 2 aromatic rings. The van der Waals surface area contributed by atoms with Crippen molar-refractivity contribution in [1.29, 1.82) is 0 Å². The van der Waals surface area contributed by atoms with Gasteiger partial charge in [-0.2, -0.15) is 5.10 Å². The highest BCUT2D eigenvalue weighted by Crippen LogP contribution is 2.28. The fraction of sp³-hybridized carbons (Fsp3) is 0.474. The first-order valence-corrected chi connectivity index (χ1v) is 9.98. The molecule has 6 nitrogen and oxygen atoms in total. The maximum Gasteiger partial charge on any atom is 0.191 e. The third kappa shape index (κ3) is 5.00. The quantitative estimate of drug-likeness (QED) is 0.559. The molecule has 7 heteroatoms. The van der Waals surface area contributed by atoms with Crippen LogP contribution >= 0.6 is 15.9 Å². The number of nitrogens with zero attached hydrogens (tertiary/aromatic N) is 4. The van der Waals surface area contributed by atoms with Gasteiger partial charge in [0.15, 0.2) is 5.96 Å². The molecular weight excluding hydrogens is 392 g/mol. The number of benzene rings is 1. The average Bonchev–Trinajstić information content (AvgIpc) is 3.25. The van der Waals surface area contributed by atoms with E-state index in [2.05, 4.69) is 74.7 Å². The van der Waals surface area contributed by atoms with E-state index in [1.54, 1.807) is 0 Å². The largest absolute Gasteiger partial charge is 0.368 e. The summed E-state index contributed by atoms with van der Waals surface area (Å²) in [4.78, 5) is 7.12. The highest BCUT2D eigenvalue weighted by molar-refractivity contribution is 9.10. The van der Waals surface area contributed by atoms with Crippen LogP contribution in [0.1, 0.15) is 18.9 Å². The van der Waals surface area contributed by atoms with E-state index in [1.807, 2.05) is 17.1 Å². The Balaban J connectivity index is 1.54. The second-order valence-corrected chi connectivity index (χ2v) is 7.42. The summed E-state index contributed by atoms with van der Waals surface area (Å²) in [6.07, 6.45) is 5.02. The summed E-state index contributed by atoms with van der Waals surface area (Å²) in [5.41, 5.74) is 2.44. The summed E-state index contributed by atoms with van der Waals surface area (Å²) < 4.78 is 3.09. The number of hydrogen-bond acceptors (Lipinski definition) is 3. The lowest BCUT2D eigenvalue weighted by Crippen LogP contribution is -2.44. The van der Waals surface area contributed by atoms with Crippen molar-refractivity contribution in [1.82, 2.24) is 20.4 Å². The van der Waals surface area contributed by atoms with Gasteiger partial charge in [0.1, 0.15) is 0 Å². The summed E-state index contributed by atoms with van der Waals surface area (Å²) in [6.45, 7) is 8.52. The van der Waals surface area contributed by atoms with Gasteiger partial charge in [-0.1, -0.05) is 12.1 Å². The number of aliphatic imine (C=N–C) groups is 1. The van der Waals surface area contributed by atoms with E-state index in [-0.39, 0.29) is 0 Å². The van der Waals surface area contributed by atoms with Gasteiger partial charge in [0.25, 0.3) is 0 Å². The van der Waals surface area contributed by atoms with Gasteiger partial charge in [0, 0.05) is 36.3 Å². The molecule has 1 aliphatic rings. The monoisotopic (exact) mass is 418 g/mol. The number of hydrogen-bond donors (Lipinski definition) is 2. The Hall–Kier alpha value is -2.02. The van der Waals surface area contributed by atoms with E-state index in [0.717, 1.165) is 43.0 Å². The molecule has 26 heavy (non-hydrogen) atoms. The maximum atomic E-state index is 4.70. The summed E-state index contributed by atoms with van der Waals surface area (Å²) in [5.74, 6) is 0.885. The molecule has 2 N–H and O–H groups in total. The smallest absolute Gasteiger partial charge is 0.191 e. The molecule has 0 spiro atoms. The average molecular weight is 419 g/mol. The number of aryl methyl sites for hydroxylation is 1. The van der Waals surface area contributed by atoms with Gasteiger partial charge in [-0.15, -0.1) is 0 Å². The Bertz CT molecular complexity index is 741. The van der Waals surface area contributed by atoms with Crippen LogP contribution in [-0.4, -0.2) is 48.0 Å². The van der Waals surface area contributed by atoms with Crippen molar-refractivity contribution < 1.29 is 0 Å². The minimum atomic E-state index is 0.395. The lowest BCUT2D eigenvalue weighted by Gasteiger charge is -2.21. The summed E-state index contributed by atoms with van der Waals surface area (Å²) >= 11 is 3.65. The van der Waals surface area contributed by atoms with Crippen molar-refractivity contribution in [2.75, 3.05) is 31.1 Å². The molecule has 1 atom stereocenters. The summed E-state index contributed by atoms with van der Waals surface area (Å²) in [6, 6.07) is 8.79. The van der Waals surface area contributed by atoms with Gasteiger partial charge < -0.3 is 15.5 Å². The zero-order chi connectivity index (χ0) is 18.4. The molecule has 0 bridgehead atoms. The lowest BCUT2D eigenvalue weighted by atomic mass is 10.3. The van der Waals surface area contributed by atoms with Gasteiger partial charge >= 0.3 is 0 Å². The van der Waals surface area contributed by atoms with Crippen LogP contribution < -0.4 is 15.5 Å². The molecule has 1 aromatic heterocycles. The van der Waals surface area contributed by atoms with Gasteiger partial charge in [0.05, 0.1) is 25.0 Å². The number of rotatable bonds is 6. The van der Waals surface area contributed by atoms with Gasteiger partial charge in [-0.25, -0.2) is 0 Å². The molecule has 1 aliphatic heterocycles. The van der Waals surface area contributed by atoms with Crippen molar-refractivity contribution >= 4 is 27.6 Å². The fourth-order valence-corrected chi connectivity index (χ4v) is 3.71. The third-order valence-corrected chi connectivity index (χ3v) is 5.10. The second kappa shape index (κ2) is 9.07. The van der Waals surface area contributed by atoms with Crippen LogP contribution in [0.5, 0.6) is 0 Å². The topological polar surface area (TPSA) is 57.5 Å². The Morgan fingerprint density at radius 2 is 2.23 bits per heavy atom. The standard InChI is InChI=1S/C19H27BrN6/c1-3-21-19(22-9-11-26-13-15(2)12-23-26)24-16-8-10-25(14-16)18-7-5-4-6-17(18)20/h4-7,12-13,16H,3,8-11,14H2,1-2H3,(H2,21,22,24). The van der Waals surface area contributed by atoms with E-state index in [0.29, 0.717) is 12.6 Å². The number of guanidine groups is 1. The number of halogens is 1. The number of nitrogens with one attached hydrogen (secondary N) is 2. The third-order valence-electron chi connectivity index (χ3n) is 4.43. The Morgan fingerprint density at radius 3 is 2.96 bits per heavy atom. The van der Waals surface area contributed by atoms with Crippen molar-refractivity contribution in [3.63, 3.8) is 0 Å². The van der Waals surface area contributed by atoms with Crippen molar-refractivity contribution in [3.8, 4) is 0 Å². The van der Waals surface area contributed by atoms with Crippen molar-refractivity contribution in [3.05, 3.63) is 46.7 Å². The number of para-hydroxylation sites is 1. The van der Waals surface area contributed by atoms with E-state index >= 15 is 0 Å². The zero-order valence-corrected chi connectivity index (χ0v) is 17.0. The normalized spacial score (nSPS) is 17.6. The van der Waals surface area contributed by atoms with Crippen molar-refractivity contribution in [2.45, 2.75) is 32.9 Å². The second-order valence-electron chi connectivity index (χ2n) is 6.57. The van der Waals surface area contributed by atoms with Gasteiger partial charge in [-0.05, 0) is 53.9 Å². The molecule has 3 rings (SSSR count). The van der Waals surface area contributed by atoms with E-state index in [1.165, 1.54) is 11.3 Å². The molecule has 1 saturated heterocycles. The lowest BCUT2D eigenvalue weighted by molar-refractivity contribution is 0.613. The molecule has 0 amide bonds. The molecule has 0 radical (unpaired) electrons. The Kier molecular flexibility index (Phi) is 6.55. The van der Waals surface area contributed by atoms with E-state index in [4.69, 9.17) is 4.99 Å². The molecule has 140 valence electrons. The first kappa shape index (κ1) is 18.8. The molecule has 2 heterocycles. The Labute approximate surface area is 163 Å². The van der Waals surface area contributed by atoms with Crippen LogP contribution in [-0.2, 0) is 6.54 Å². The fourth-order valence-electron chi connectivity index (χ4n) is 3.17. The summed E-state index contributed by atoms with van der Waals surface area (Å²) in [7, 11) is 0. The van der Waals surface area contributed by atoms with E-state index < -0.39 is 0 Å². The first-order chi connectivity index (χ1) is 12.7. The minimum Gasteiger partial charge on any atom is -0.368 e. The van der Waals surface area contributed by atoms with Gasteiger partial charge in [0.2, 0.25) is 0 Å². The molecule has 1 fully saturated rings. The maximum absolute atomic E-state index is 4.70. The molecular formula is C19H27BrN6. The van der Waals surface area contributed by atoms with E-state index in [9.17, 15) is 0 Å². The number of anilines is 1. The predicted molar refractivity (Wildman–Crippen MR) is 111 cm³/mol. The van der Waals surface area contributed by atoms with Crippen LogP contribution in [0.2, 0.25) is 0 Å². The van der Waals surface area contributed by atoms with Crippen LogP contribution in [0.25, 0.3) is 0 Å². The highest BCUT2D eigenvalue weighted by Gasteiger charge is 2.24. The molecule has 0 saturated carbocycles. The summed E-state index contributed by atoms with van der Waals surface area (Å²) in [5, 5.41) is 11.2. The van der Waals surface area contributed by atoms with Crippen LogP contribution in [0.4, 0.5) is 5.69 Å². The predicted octanol–water partition coefficient (Wildman–Crippen LogP) is 2.79.